The highest BCUT2D eigenvalue weighted by Crippen LogP contribution is 2.21. The summed E-state index contributed by atoms with van der Waals surface area (Å²) in [5, 5.41) is 3.65. The van der Waals surface area contributed by atoms with Crippen molar-refractivity contribution in [2.45, 2.75) is 39.3 Å². The number of rotatable bonds is 9. The first-order chi connectivity index (χ1) is 9.95. The van der Waals surface area contributed by atoms with Crippen LogP contribution in [-0.2, 0) is 0 Å². The van der Waals surface area contributed by atoms with Crippen molar-refractivity contribution in [3.8, 4) is 0 Å². The molecule has 0 aliphatic rings. The van der Waals surface area contributed by atoms with E-state index in [1.54, 1.807) is 0 Å². The average Bonchev–Trinajstić information content (AvgIpc) is 2.44. The minimum atomic E-state index is 0.389. The van der Waals surface area contributed by atoms with E-state index in [2.05, 4.69) is 81.3 Å². The lowest BCUT2D eigenvalue weighted by molar-refractivity contribution is 0.199. The Labute approximate surface area is 131 Å². The maximum absolute atomic E-state index is 3.65. The van der Waals surface area contributed by atoms with Crippen LogP contribution in [0.2, 0.25) is 0 Å². The summed E-state index contributed by atoms with van der Waals surface area (Å²) in [4.78, 5) is 4.72. The molecule has 120 valence electrons. The third kappa shape index (κ3) is 6.16. The maximum atomic E-state index is 3.65. The molecule has 2 atom stereocenters. The smallest absolute Gasteiger partial charge is 0.0475 e. The molecule has 0 spiro atoms. The highest BCUT2D eigenvalue weighted by atomic mass is 15.2. The SMILES string of the molecule is CCNC(c1ccc(C)cc1)C(C)N(C)CCCN(C)C. The topological polar surface area (TPSA) is 18.5 Å². The lowest BCUT2D eigenvalue weighted by atomic mass is 9.98. The zero-order valence-electron chi connectivity index (χ0n) is 14.7. The Balaban J connectivity index is 2.67. The Morgan fingerprint density at radius 3 is 2.19 bits per heavy atom. The fourth-order valence-corrected chi connectivity index (χ4v) is 2.66. The predicted octanol–water partition coefficient (Wildman–Crippen LogP) is 2.92. The van der Waals surface area contributed by atoms with Crippen molar-refractivity contribution in [2.24, 2.45) is 0 Å². The van der Waals surface area contributed by atoms with Gasteiger partial charge in [0.1, 0.15) is 0 Å². The number of nitrogens with zero attached hydrogens (tertiary/aromatic N) is 2. The molecule has 0 saturated heterocycles. The Bertz CT molecular complexity index is 386. The van der Waals surface area contributed by atoms with Gasteiger partial charge in [-0.3, -0.25) is 0 Å². The first kappa shape index (κ1) is 18.1. The summed E-state index contributed by atoms with van der Waals surface area (Å²) in [5.74, 6) is 0. The van der Waals surface area contributed by atoms with E-state index < -0.39 is 0 Å². The van der Waals surface area contributed by atoms with Gasteiger partial charge in [0.2, 0.25) is 0 Å². The van der Waals surface area contributed by atoms with Crippen molar-refractivity contribution in [1.82, 2.24) is 15.1 Å². The van der Waals surface area contributed by atoms with Crippen molar-refractivity contribution >= 4 is 0 Å². The van der Waals surface area contributed by atoms with Gasteiger partial charge in [0.05, 0.1) is 0 Å². The average molecular weight is 291 g/mol. The van der Waals surface area contributed by atoms with Crippen LogP contribution in [0, 0.1) is 6.92 Å². The van der Waals surface area contributed by atoms with Gasteiger partial charge in [0, 0.05) is 12.1 Å². The summed E-state index contributed by atoms with van der Waals surface area (Å²) in [6, 6.07) is 9.80. The lowest BCUT2D eigenvalue weighted by Gasteiger charge is -2.33. The van der Waals surface area contributed by atoms with E-state index in [4.69, 9.17) is 0 Å². The number of nitrogens with one attached hydrogen (secondary N) is 1. The van der Waals surface area contributed by atoms with Gasteiger partial charge >= 0.3 is 0 Å². The van der Waals surface area contributed by atoms with Gasteiger partial charge < -0.3 is 15.1 Å². The summed E-state index contributed by atoms with van der Waals surface area (Å²) >= 11 is 0. The molecule has 0 radical (unpaired) electrons. The van der Waals surface area contributed by atoms with Gasteiger partial charge in [-0.05, 0) is 66.6 Å². The van der Waals surface area contributed by atoms with Crippen LogP contribution in [0.25, 0.3) is 0 Å². The molecule has 0 saturated carbocycles. The predicted molar refractivity (Wildman–Crippen MR) is 92.9 cm³/mol. The summed E-state index contributed by atoms with van der Waals surface area (Å²) in [6.07, 6.45) is 1.21. The van der Waals surface area contributed by atoms with Gasteiger partial charge in [-0.25, -0.2) is 0 Å². The zero-order valence-corrected chi connectivity index (χ0v) is 14.7. The van der Waals surface area contributed by atoms with Gasteiger partial charge in [-0.1, -0.05) is 36.8 Å². The van der Waals surface area contributed by atoms with Crippen molar-refractivity contribution < 1.29 is 0 Å². The highest BCUT2D eigenvalue weighted by molar-refractivity contribution is 5.25. The van der Waals surface area contributed by atoms with Crippen LogP contribution in [-0.4, -0.2) is 56.6 Å². The van der Waals surface area contributed by atoms with E-state index in [-0.39, 0.29) is 0 Å². The Kier molecular flexibility index (Phi) is 7.94. The van der Waals surface area contributed by atoms with Crippen LogP contribution in [0.4, 0.5) is 0 Å². The second-order valence-electron chi connectivity index (χ2n) is 6.32. The zero-order chi connectivity index (χ0) is 15.8. The molecule has 0 aromatic heterocycles. The molecule has 2 unspecified atom stereocenters. The normalized spacial score (nSPS) is 14.7. The van der Waals surface area contributed by atoms with Gasteiger partial charge in [0.15, 0.2) is 0 Å². The van der Waals surface area contributed by atoms with E-state index in [1.807, 2.05) is 0 Å². The van der Waals surface area contributed by atoms with Gasteiger partial charge in [-0.2, -0.15) is 0 Å². The summed E-state index contributed by atoms with van der Waals surface area (Å²) < 4.78 is 0. The van der Waals surface area contributed by atoms with E-state index in [9.17, 15) is 0 Å². The van der Waals surface area contributed by atoms with E-state index in [0.717, 1.165) is 19.6 Å². The number of likely N-dealkylation sites (N-methyl/N-ethyl adjacent to an activating group) is 2. The van der Waals surface area contributed by atoms with E-state index in [1.165, 1.54) is 17.5 Å². The Hall–Kier alpha value is -0.900. The summed E-state index contributed by atoms with van der Waals surface area (Å²) in [7, 11) is 6.51. The Morgan fingerprint density at radius 1 is 1.05 bits per heavy atom. The van der Waals surface area contributed by atoms with Gasteiger partial charge in [-0.15, -0.1) is 0 Å². The molecule has 0 aliphatic carbocycles. The van der Waals surface area contributed by atoms with Crippen molar-refractivity contribution in [2.75, 3.05) is 40.8 Å². The molecule has 1 aromatic rings. The molecule has 0 fully saturated rings. The number of benzene rings is 1. The molecule has 3 nitrogen and oxygen atoms in total. The molecule has 0 amide bonds. The van der Waals surface area contributed by atoms with E-state index >= 15 is 0 Å². The third-order valence-electron chi connectivity index (χ3n) is 4.15. The first-order valence-electron chi connectivity index (χ1n) is 8.10. The minimum absolute atomic E-state index is 0.389. The molecule has 0 bridgehead atoms. The molecule has 1 aromatic carbocycles. The fraction of sp³-hybridized carbons (Fsp3) is 0.667. The number of hydrogen-bond acceptors (Lipinski definition) is 3. The lowest BCUT2D eigenvalue weighted by Crippen LogP contribution is -2.41. The van der Waals surface area contributed by atoms with Crippen LogP contribution >= 0.6 is 0 Å². The Morgan fingerprint density at radius 2 is 1.67 bits per heavy atom. The van der Waals surface area contributed by atoms with Crippen molar-refractivity contribution in [3.05, 3.63) is 35.4 Å². The molecule has 1 rings (SSSR count). The van der Waals surface area contributed by atoms with Crippen LogP contribution in [0.5, 0.6) is 0 Å². The van der Waals surface area contributed by atoms with Crippen molar-refractivity contribution in [1.29, 1.82) is 0 Å². The van der Waals surface area contributed by atoms with Gasteiger partial charge in [0.25, 0.3) is 0 Å². The third-order valence-corrected chi connectivity index (χ3v) is 4.15. The molecule has 0 heterocycles. The first-order valence-corrected chi connectivity index (χ1v) is 8.10. The fourth-order valence-electron chi connectivity index (χ4n) is 2.66. The molecule has 1 N–H and O–H groups in total. The maximum Gasteiger partial charge on any atom is 0.0475 e. The number of aryl methyl sites for hydroxylation is 1. The molecular weight excluding hydrogens is 258 g/mol. The van der Waals surface area contributed by atoms with Crippen LogP contribution < -0.4 is 5.32 Å². The standard InChI is InChI=1S/C18H33N3/c1-7-19-18(17-11-9-15(2)10-12-17)16(3)21(6)14-8-13-20(4)5/h9-12,16,18-19H,7-8,13-14H2,1-6H3. The second-order valence-corrected chi connectivity index (χ2v) is 6.32. The number of hydrogen-bond donors (Lipinski definition) is 1. The largest absolute Gasteiger partial charge is 0.309 e. The summed E-state index contributed by atoms with van der Waals surface area (Å²) in [6.45, 7) is 9.92. The van der Waals surface area contributed by atoms with E-state index in [0.29, 0.717) is 12.1 Å². The quantitative estimate of drug-likeness (QED) is 0.755. The molecule has 0 aliphatic heterocycles. The molecule has 21 heavy (non-hydrogen) atoms. The molecular formula is C18H33N3. The molecule has 3 heteroatoms. The minimum Gasteiger partial charge on any atom is -0.309 e. The monoisotopic (exact) mass is 291 g/mol. The second kappa shape index (κ2) is 9.19. The van der Waals surface area contributed by atoms with Crippen LogP contribution in [0.15, 0.2) is 24.3 Å². The highest BCUT2D eigenvalue weighted by Gasteiger charge is 2.21. The van der Waals surface area contributed by atoms with Crippen LogP contribution in [0.3, 0.4) is 0 Å². The van der Waals surface area contributed by atoms with Crippen molar-refractivity contribution in [3.63, 3.8) is 0 Å². The summed E-state index contributed by atoms with van der Waals surface area (Å²) in [5.41, 5.74) is 2.70. The van der Waals surface area contributed by atoms with Crippen LogP contribution in [0.1, 0.15) is 37.4 Å².